The van der Waals surface area contributed by atoms with E-state index in [1.807, 2.05) is 62.7 Å². The topological polar surface area (TPSA) is 52.9 Å². The van der Waals surface area contributed by atoms with Crippen molar-refractivity contribution in [3.05, 3.63) is 40.7 Å². The van der Waals surface area contributed by atoms with E-state index >= 15 is 0 Å². The second-order valence-electron chi connectivity index (χ2n) is 5.63. The number of nitrogens with zero attached hydrogens (tertiary/aromatic N) is 2. The second-order valence-corrected chi connectivity index (χ2v) is 5.63. The smallest absolute Gasteiger partial charge is 0.290 e. The summed E-state index contributed by atoms with van der Waals surface area (Å²) in [4.78, 5) is 12.4. The van der Waals surface area contributed by atoms with E-state index in [4.69, 9.17) is 5.73 Å². The molecule has 4 heteroatoms. The van der Waals surface area contributed by atoms with Crippen LogP contribution >= 0.6 is 0 Å². The van der Waals surface area contributed by atoms with Crippen LogP contribution in [0.1, 0.15) is 27.7 Å². The Morgan fingerprint density at radius 3 is 2.21 bits per heavy atom. The van der Waals surface area contributed by atoms with Gasteiger partial charge < -0.3 is 5.73 Å². The molecule has 4 nitrogen and oxygen atoms in total. The van der Waals surface area contributed by atoms with E-state index in [-0.39, 0.29) is 11.1 Å². The van der Waals surface area contributed by atoms with E-state index in [1.165, 1.54) is 0 Å². The Labute approximate surface area is 113 Å². The van der Waals surface area contributed by atoms with Crippen molar-refractivity contribution in [2.45, 2.75) is 39.8 Å². The molecule has 0 bridgehead atoms. The number of aromatic nitrogens is 2. The van der Waals surface area contributed by atoms with E-state index in [9.17, 15) is 4.79 Å². The van der Waals surface area contributed by atoms with Crippen LogP contribution in [0, 0.1) is 0 Å². The van der Waals surface area contributed by atoms with Crippen LogP contribution in [-0.2, 0) is 12.1 Å². The fourth-order valence-corrected chi connectivity index (χ4v) is 2.43. The van der Waals surface area contributed by atoms with Crippen LogP contribution in [0.5, 0.6) is 0 Å². The van der Waals surface area contributed by atoms with E-state index in [0.29, 0.717) is 12.2 Å². The highest BCUT2D eigenvalue weighted by Crippen LogP contribution is 2.26. The highest BCUT2D eigenvalue weighted by Gasteiger charge is 2.25. The molecule has 19 heavy (non-hydrogen) atoms. The van der Waals surface area contributed by atoms with Gasteiger partial charge in [0.15, 0.2) is 0 Å². The Balaban J connectivity index is 2.81. The average molecular weight is 259 g/mol. The van der Waals surface area contributed by atoms with Crippen molar-refractivity contribution in [3.63, 3.8) is 0 Å². The van der Waals surface area contributed by atoms with Gasteiger partial charge in [0.1, 0.15) is 5.69 Å². The fourth-order valence-electron chi connectivity index (χ4n) is 2.43. The summed E-state index contributed by atoms with van der Waals surface area (Å²) in [5.41, 5.74) is 7.74. The first kappa shape index (κ1) is 13.5. The molecule has 0 aliphatic heterocycles. The van der Waals surface area contributed by atoms with Crippen molar-refractivity contribution >= 4 is 5.69 Å². The minimum atomic E-state index is -0.297. The third kappa shape index (κ3) is 2.18. The van der Waals surface area contributed by atoms with Crippen molar-refractivity contribution in [1.82, 2.24) is 9.36 Å². The number of hydrogen-bond acceptors (Lipinski definition) is 2. The molecule has 2 N–H and O–H groups in total. The molecule has 1 heterocycles. The van der Waals surface area contributed by atoms with Gasteiger partial charge in [0.2, 0.25) is 0 Å². The quantitative estimate of drug-likeness (QED) is 0.901. The number of anilines is 1. The Bertz CT molecular complexity index is 630. The van der Waals surface area contributed by atoms with Gasteiger partial charge in [-0.25, -0.2) is 4.68 Å². The first-order valence-corrected chi connectivity index (χ1v) is 6.55. The second kappa shape index (κ2) is 4.61. The van der Waals surface area contributed by atoms with Crippen molar-refractivity contribution in [1.29, 1.82) is 0 Å². The average Bonchev–Trinajstić information content (AvgIpc) is 2.62. The Hall–Kier alpha value is -1.97. The minimum absolute atomic E-state index is 0.117. The molecular formula is C15H21N3O. The molecule has 102 valence electrons. The SMILES string of the molecule is CCn1c(-c2ccccc2)c(N)c(=O)n1C(C)(C)C. The van der Waals surface area contributed by atoms with E-state index < -0.39 is 0 Å². The molecular weight excluding hydrogens is 238 g/mol. The molecule has 1 aromatic carbocycles. The highest BCUT2D eigenvalue weighted by molar-refractivity contribution is 5.72. The van der Waals surface area contributed by atoms with Crippen LogP contribution in [-0.4, -0.2) is 9.36 Å². The summed E-state index contributed by atoms with van der Waals surface area (Å²) in [6.45, 7) is 8.75. The summed E-state index contributed by atoms with van der Waals surface area (Å²) in [7, 11) is 0. The standard InChI is InChI=1S/C15H21N3O/c1-5-17-13(11-9-7-6-8-10-11)12(16)14(19)18(17)15(2,3)4/h6-10H,5,16H2,1-4H3. The van der Waals surface area contributed by atoms with Crippen molar-refractivity contribution in [3.8, 4) is 11.3 Å². The number of nitrogens with two attached hydrogens (primary N) is 1. The summed E-state index contributed by atoms with van der Waals surface area (Å²) in [5.74, 6) is 0. The van der Waals surface area contributed by atoms with Gasteiger partial charge >= 0.3 is 0 Å². The molecule has 0 amide bonds. The highest BCUT2D eigenvalue weighted by atomic mass is 16.1. The lowest BCUT2D eigenvalue weighted by molar-refractivity contribution is 0.291. The summed E-state index contributed by atoms with van der Waals surface area (Å²) >= 11 is 0. The van der Waals surface area contributed by atoms with Gasteiger partial charge in [-0.2, -0.15) is 0 Å². The molecule has 0 atom stereocenters. The molecule has 0 fully saturated rings. The van der Waals surface area contributed by atoms with Crippen LogP contribution in [0.2, 0.25) is 0 Å². The van der Waals surface area contributed by atoms with Crippen LogP contribution in [0.15, 0.2) is 35.1 Å². The molecule has 1 aromatic heterocycles. The monoisotopic (exact) mass is 259 g/mol. The van der Waals surface area contributed by atoms with E-state index in [1.54, 1.807) is 4.68 Å². The zero-order chi connectivity index (χ0) is 14.2. The Kier molecular flexibility index (Phi) is 3.27. The zero-order valence-electron chi connectivity index (χ0n) is 12.0. The lowest BCUT2D eigenvalue weighted by Gasteiger charge is -2.25. The third-order valence-electron chi connectivity index (χ3n) is 3.16. The molecule has 0 aliphatic rings. The van der Waals surface area contributed by atoms with Gasteiger partial charge in [-0.05, 0) is 27.7 Å². The fraction of sp³-hybridized carbons (Fsp3) is 0.400. The van der Waals surface area contributed by atoms with Gasteiger partial charge in [-0.15, -0.1) is 0 Å². The van der Waals surface area contributed by atoms with Crippen LogP contribution in [0.3, 0.4) is 0 Å². The summed E-state index contributed by atoms with van der Waals surface area (Å²) in [5, 5.41) is 0. The molecule has 0 saturated carbocycles. The minimum Gasteiger partial charge on any atom is -0.392 e. The van der Waals surface area contributed by atoms with Gasteiger partial charge in [-0.1, -0.05) is 30.3 Å². The maximum absolute atomic E-state index is 12.4. The van der Waals surface area contributed by atoms with Gasteiger partial charge in [0.25, 0.3) is 5.56 Å². The molecule has 0 unspecified atom stereocenters. The van der Waals surface area contributed by atoms with Gasteiger partial charge in [0.05, 0.1) is 11.2 Å². The summed E-state index contributed by atoms with van der Waals surface area (Å²) < 4.78 is 3.71. The van der Waals surface area contributed by atoms with Gasteiger partial charge in [0, 0.05) is 12.1 Å². The molecule has 2 rings (SSSR count). The van der Waals surface area contributed by atoms with Crippen molar-refractivity contribution < 1.29 is 0 Å². The van der Waals surface area contributed by atoms with Crippen LogP contribution in [0.25, 0.3) is 11.3 Å². The summed E-state index contributed by atoms with van der Waals surface area (Å²) in [6, 6.07) is 9.81. The van der Waals surface area contributed by atoms with Crippen molar-refractivity contribution in [2.24, 2.45) is 0 Å². The number of hydrogen-bond donors (Lipinski definition) is 1. The summed E-state index contributed by atoms with van der Waals surface area (Å²) in [6.07, 6.45) is 0. The van der Waals surface area contributed by atoms with Crippen LogP contribution < -0.4 is 11.3 Å². The number of benzene rings is 1. The molecule has 2 aromatic rings. The van der Waals surface area contributed by atoms with E-state index in [0.717, 1.165) is 11.3 Å². The zero-order valence-corrected chi connectivity index (χ0v) is 12.0. The first-order chi connectivity index (χ1) is 8.88. The molecule has 0 radical (unpaired) electrons. The lowest BCUT2D eigenvalue weighted by atomic mass is 10.1. The lowest BCUT2D eigenvalue weighted by Crippen LogP contribution is -2.36. The maximum Gasteiger partial charge on any atom is 0.290 e. The Morgan fingerprint density at radius 1 is 1.16 bits per heavy atom. The van der Waals surface area contributed by atoms with Gasteiger partial charge in [-0.3, -0.25) is 9.48 Å². The Morgan fingerprint density at radius 2 is 1.74 bits per heavy atom. The predicted molar refractivity (Wildman–Crippen MR) is 79.2 cm³/mol. The molecule has 0 aliphatic carbocycles. The third-order valence-corrected chi connectivity index (χ3v) is 3.16. The van der Waals surface area contributed by atoms with Crippen molar-refractivity contribution in [2.75, 3.05) is 5.73 Å². The predicted octanol–water partition coefficient (Wildman–Crippen LogP) is 2.67. The number of rotatable bonds is 2. The molecule has 0 spiro atoms. The molecule has 0 saturated heterocycles. The number of nitrogen functional groups attached to an aromatic ring is 1. The first-order valence-electron chi connectivity index (χ1n) is 6.55. The normalized spacial score (nSPS) is 11.8. The maximum atomic E-state index is 12.4. The van der Waals surface area contributed by atoms with E-state index in [2.05, 4.69) is 0 Å². The largest absolute Gasteiger partial charge is 0.392 e. The van der Waals surface area contributed by atoms with Crippen LogP contribution in [0.4, 0.5) is 5.69 Å².